The second kappa shape index (κ2) is 7.84. The zero-order chi connectivity index (χ0) is 17.8. The molecule has 0 aromatic carbocycles. The lowest BCUT2D eigenvalue weighted by atomic mass is 9.95. The molecule has 0 unspecified atom stereocenters. The first-order valence-electron chi connectivity index (χ1n) is 8.98. The second-order valence-electron chi connectivity index (χ2n) is 6.68. The van der Waals surface area contributed by atoms with Crippen LogP contribution in [0.2, 0.25) is 0 Å². The molecular formula is C18H24N6O2. The van der Waals surface area contributed by atoms with Crippen molar-refractivity contribution < 1.29 is 9.47 Å². The van der Waals surface area contributed by atoms with Gasteiger partial charge in [0.1, 0.15) is 11.6 Å². The van der Waals surface area contributed by atoms with Crippen LogP contribution in [0, 0.1) is 5.92 Å². The summed E-state index contributed by atoms with van der Waals surface area (Å²) in [5.74, 6) is 2.24. The van der Waals surface area contributed by atoms with E-state index in [0.717, 1.165) is 37.8 Å². The highest BCUT2D eigenvalue weighted by molar-refractivity contribution is 5.53. The van der Waals surface area contributed by atoms with E-state index in [1.807, 2.05) is 18.5 Å². The summed E-state index contributed by atoms with van der Waals surface area (Å²) in [6.07, 6.45) is 4.59. The summed E-state index contributed by atoms with van der Waals surface area (Å²) in [4.78, 5) is 15.0. The van der Waals surface area contributed by atoms with Gasteiger partial charge in [-0.3, -0.25) is 4.98 Å². The maximum Gasteiger partial charge on any atom is 0.223 e. The molecule has 3 N–H and O–H groups in total. The van der Waals surface area contributed by atoms with Crippen LogP contribution in [0.5, 0.6) is 0 Å². The van der Waals surface area contributed by atoms with Crippen molar-refractivity contribution in [1.82, 2.24) is 15.0 Å². The quantitative estimate of drug-likeness (QED) is 0.817. The van der Waals surface area contributed by atoms with Gasteiger partial charge in [0, 0.05) is 37.5 Å². The first kappa shape index (κ1) is 17.0. The fourth-order valence-electron chi connectivity index (χ4n) is 3.45. The Morgan fingerprint density at radius 2 is 1.92 bits per heavy atom. The summed E-state index contributed by atoms with van der Waals surface area (Å²) in [5, 5.41) is 3.50. The largest absolute Gasteiger partial charge is 0.379 e. The molecule has 0 bridgehead atoms. The molecule has 2 saturated heterocycles. The standard InChI is InChI=1S/C18H24N6O2/c19-18-22-16(10-17(23-18)24-5-7-25-8-6-24)21-15-12-26-11-14(15)9-13-1-3-20-4-2-13/h1-4,10,14-15H,5-9,11-12H2,(H3,19,21,22,23)/t14-,15-/m1/s1. The van der Waals surface area contributed by atoms with Crippen molar-refractivity contribution in [2.75, 3.05) is 55.5 Å². The highest BCUT2D eigenvalue weighted by atomic mass is 16.5. The molecule has 2 aromatic rings. The summed E-state index contributed by atoms with van der Waals surface area (Å²) in [6.45, 7) is 4.43. The van der Waals surface area contributed by atoms with Gasteiger partial charge in [0.15, 0.2) is 0 Å². The van der Waals surface area contributed by atoms with Gasteiger partial charge in [0.05, 0.1) is 32.5 Å². The number of nitrogen functional groups attached to an aromatic ring is 1. The predicted octanol–water partition coefficient (Wildman–Crippen LogP) is 0.960. The van der Waals surface area contributed by atoms with Crippen LogP contribution >= 0.6 is 0 Å². The molecule has 2 aliphatic rings. The zero-order valence-corrected chi connectivity index (χ0v) is 14.7. The fourth-order valence-corrected chi connectivity index (χ4v) is 3.45. The van der Waals surface area contributed by atoms with Crippen LogP contribution in [0.25, 0.3) is 0 Å². The number of aromatic nitrogens is 3. The molecule has 2 aliphatic heterocycles. The van der Waals surface area contributed by atoms with Crippen LogP contribution in [-0.4, -0.2) is 60.5 Å². The van der Waals surface area contributed by atoms with Gasteiger partial charge in [-0.15, -0.1) is 0 Å². The van der Waals surface area contributed by atoms with Gasteiger partial charge in [-0.05, 0) is 24.1 Å². The van der Waals surface area contributed by atoms with E-state index in [4.69, 9.17) is 15.2 Å². The minimum Gasteiger partial charge on any atom is -0.379 e. The Bertz CT molecular complexity index is 723. The molecule has 4 rings (SSSR count). The molecule has 2 fully saturated rings. The van der Waals surface area contributed by atoms with Gasteiger partial charge in [0.2, 0.25) is 5.95 Å². The molecule has 0 aliphatic carbocycles. The Labute approximate surface area is 152 Å². The number of hydrogen-bond acceptors (Lipinski definition) is 8. The van der Waals surface area contributed by atoms with Crippen LogP contribution in [-0.2, 0) is 15.9 Å². The summed E-state index contributed by atoms with van der Waals surface area (Å²) < 4.78 is 11.1. The first-order chi connectivity index (χ1) is 12.8. The number of nitrogens with two attached hydrogens (primary N) is 1. The summed E-state index contributed by atoms with van der Waals surface area (Å²) in [5.41, 5.74) is 7.20. The SMILES string of the molecule is Nc1nc(N[C@@H]2COC[C@H]2Cc2ccncc2)cc(N2CCOCC2)n1. The molecule has 2 atom stereocenters. The van der Waals surface area contributed by atoms with E-state index in [0.29, 0.717) is 25.7 Å². The minimum absolute atomic E-state index is 0.190. The molecule has 0 radical (unpaired) electrons. The smallest absolute Gasteiger partial charge is 0.223 e. The lowest BCUT2D eigenvalue weighted by Gasteiger charge is -2.28. The lowest BCUT2D eigenvalue weighted by molar-refractivity contribution is 0.122. The van der Waals surface area contributed by atoms with E-state index in [1.165, 1.54) is 5.56 Å². The monoisotopic (exact) mass is 356 g/mol. The fraction of sp³-hybridized carbons (Fsp3) is 0.500. The number of pyridine rings is 1. The van der Waals surface area contributed by atoms with Crippen LogP contribution in [0.4, 0.5) is 17.6 Å². The third-order valence-electron chi connectivity index (χ3n) is 4.84. The zero-order valence-electron chi connectivity index (χ0n) is 14.7. The Morgan fingerprint density at radius 3 is 2.73 bits per heavy atom. The first-order valence-corrected chi connectivity index (χ1v) is 8.98. The number of nitrogens with one attached hydrogen (secondary N) is 1. The normalized spacial score (nSPS) is 23.2. The summed E-state index contributed by atoms with van der Waals surface area (Å²) in [6, 6.07) is 6.25. The Balaban J connectivity index is 1.46. The van der Waals surface area contributed by atoms with Crippen LogP contribution in [0.1, 0.15) is 5.56 Å². The van der Waals surface area contributed by atoms with Gasteiger partial charge in [-0.25, -0.2) is 0 Å². The van der Waals surface area contributed by atoms with Crippen molar-refractivity contribution >= 4 is 17.6 Å². The summed E-state index contributed by atoms with van der Waals surface area (Å²) >= 11 is 0. The number of morpholine rings is 1. The molecule has 26 heavy (non-hydrogen) atoms. The number of ether oxygens (including phenoxy) is 2. The second-order valence-corrected chi connectivity index (χ2v) is 6.68. The van der Waals surface area contributed by atoms with Gasteiger partial charge >= 0.3 is 0 Å². The van der Waals surface area contributed by atoms with E-state index >= 15 is 0 Å². The molecule has 8 heteroatoms. The van der Waals surface area contributed by atoms with E-state index in [1.54, 1.807) is 0 Å². The third-order valence-corrected chi connectivity index (χ3v) is 4.84. The third kappa shape index (κ3) is 4.03. The van der Waals surface area contributed by atoms with Gasteiger partial charge in [0.25, 0.3) is 0 Å². The van der Waals surface area contributed by atoms with Crippen LogP contribution < -0.4 is 16.0 Å². The van der Waals surface area contributed by atoms with E-state index in [9.17, 15) is 0 Å². The van der Waals surface area contributed by atoms with Crippen LogP contribution in [0.3, 0.4) is 0 Å². The molecule has 138 valence electrons. The van der Waals surface area contributed by atoms with E-state index < -0.39 is 0 Å². The average molecular weight is 356 g/mol. The lowest BCUT2D eigenvalue weighted by Crippen LogP contribution is -2.37. The highest BCUT2D eigenvalue weighted by Gasteiger charge is 2.29. The van der Waals surface area contributed by atoms with Gasteiger partial charge in [-0.2, -0.15) is 9.97 Å². The minimum atomic E-state index is 0.190. The number of nitrogens with zero attached hydrogens (tertiary/aromatic N) is 4. The maximum atomic E-state index is 5.94. The molecule has 4 heterocycles. The summed E-state index contributed by atoms with van der Waals surface area (Å²) in [7, 11) is 0. The maximum absolute atomic E-state index is 5.94. The van der Waals surface area contributed by atoms with E-state index in [2.05, 4.69) is 37.3 Å². The Morgan fingerprint density at radius 1 is 1.12 bits per heavy atom. The molecule has 0 amide bonds. The molecular weight excluding hydrogens is 332 g/mol. The Hall–Kier alpha value is -2.45. The number of rotatable bonds is 5. The van der Waals surface area contributed by atoms with Gasteiger partial charge < -0.3 is 25.4 Å². The molecule has 8 nitrogen and oxygen atoms in total. The Kier molecular flexibility index (Phi) is 5.12. The van der Waals surface area contributed by atoms with Crippen molar-refractivity contribution in [1.29, 1.82) is 0 Å². The van der Waals surface area contributed by atoms with Crippen molar-refractivity contribution in [3.63, 3.8) is 0 Å². The molecule has 0 saturated carbocycles. The van der Waals surface area contributed by atoms with E-state index in [-0.39, 0.29) is 12.0 Å². The van der Waals surface area contributed by atoms with Crippen molar-refractivity contribution in [2.24, 2.45) is 5.92 Å². The van der Waals surface area contributed by atoms with Crippen LogP contribution in [0.15, 0.2) is 30.6 Å². The number of hydrogen-bond donors (Lipinski definition) is 2. The average Bonchev–Trinajstić information content (AvgIpc) is 3.09. The number of anilines is 3. The van der Waals surface area contributed by atoms with Crippen molar-refractivity contribution in [3.8, 4) is 0 Å². The molecule has 2 aromatic heterocycles. The van der Waals surface area contributed by atoms with Gasteiger partial charge in [-0.1, -0.05) is 0 Å². The van der Waals surface area contributed by atoms with Crippen molar-refractivity contribution in [3.05, 3.63) is 36.2 Å². The highest BCUT2D eigenvalue weighted by Crippen LogP contribution is 2.24. The predicted molar refractivity (Wildman–Crippen MR) is 99.1 cm³/mol. The topological polar surface area (TPSA) is 98.4 Å². The molecule has 0 spiro atoms. The van der Waals surface area contributed by atoms with Crippen molar-refractivity contribution in [2.45, 2.75) is 12.5 Å².